The lowest BCUT2D eigenvalue weighted by atomic mass is 10.2. The fourth-order valence-electron chi connectivity index (χ4n) is 0.861. The molecule has 1 heterocycles. The van der Waals surface area contributed by atoms with Crippen LogP contribution in [0.25, 0.3) is 0 Å². The Labute approximate surface area is 66.8 Å². The second-order valence-electron chi connectivity index (χ2n) is 2.09. The van der Waals surface area contributed by atoms with E-state index in [0.29, 0.717) is 13.0 Å². The normalized spacial score (nSPS) is 24.5. The zero-order valence-electron chi connectivity index (χ0n) is 5.67. The van der Waals surface area contributed by atoms with E-state index in [1.54, 1.807) is 0 Å². The number of nitrogens with one attached hydrogen (secondary N) is 1. The first-order valence-electron chi connectivity index (χ1n) is 3.11. The van der Waals surface area contributed by atoms with Crippen LogP contribution in [0, 0.1) is 11.3 Å². The van der Waals surface area contributed by atoms with Crippen LogP contribution in [0.3, 0.4) is 0 Å². The molecule has 1 N–H and O–H groups in total. The van der Waals surface area contributed by atoms with Crippen LogP contribution in [0.2, 0.25) is 0 Å². The summed E-state index contributed by atoms with van der Waals surface area (Å²) in [5.74, 6) is 0. The summed E-state index contributed by atoms with van der Waals surface area (Å²) in [4.78, 5) is 0. The van der Waals surface area contributed by atoms with Gasteiger partial charge < -0.3 is 10.1 Å². The molecule has 0 aliphatic carbocycles. The van der Waals surface area contributed by atoms with Crippen molar-refractivity contribution in [3.05, 3.63) is 0 Å². The van der Waals surface area contributed by atoms with E-state index in [0.717, 1.165) is 13.2 Å². The van der Waals surface area contributed by atoms with Crippen molar-refractivity contribution < 1.29 is 4.74 Å². The average molecular weight is 163 g/mol. The molecule has 1 saturated heterocycles. The fourth-order valence-corrected chi connectivity index (χ4v) is 0.861. The Morgan fingerprint density at radius 1 is 1.70 bits per heavy atom. The van der Waals surface area contributed by atoms with E-state index in [1.807, 2.05) is 0 Å². The van der Waals surface area contributed by atoms with Gasteiger partial charge >= 0.3 is 0 Å². The van der Waals surface area contributed by atoms with Gasteiger partial charge in [-0.1, -0.05) is 0 Å². The van der Waals surface area contributed by atoms with Crippen LogP contribution in [0.4, 0.5) is 0 Å². The van der Waals surface area contributed by atoms with E-state index in [4.69, 9.17) is 10.00 Å². The Morgan fingerprint density at radius 3 is 3.00 bits per heavy atom. The lowest BCUT2D eigenvalue weighted by Crippen LogP contribution is -2.40. The Balaban J connectivity index is 0.000000810. The summed E-state index contributed by atoms with van der Waals surface area (Å²) in [5, 5.41) is 11.4. The van der Waals surface area contributed by atoms with Crippen LogP contribution in [-0.4, -0.2) is 25.8 Å². The molecule has 4 heteroatoms. The molecular formula is C6H11ClN2O. The SMILES string of the molecule is Cl.N#CCC1COCCN1. The molecule has 0 aromatic heterocycles. The molecule has 1 atom stereocenters. The molecule has 1 rings (SSSR count). The van der Waals surface area contributed by atoms with E-state index in [9.17, 15) is 0 Å². The Bertz CT molecular complexity index is 117. The van der Waals surface area contributed by atoms with Gasteiger partial charge in [-0.25, -0.2) is 0 Å². The number of hydrogen-bond acceptors (Lipinski definition) is 3. The van der Waals surface area contributed by atoms with Crippen molar-refractivity contribution in [3.8, 4) is 6.07 Å². The van der Waals surface area contributed by atoms with Gasteiger partial charge in [0.2, 0.25) is 0 Å². The molecule has 0 spiro atoms. The van der Waals surface area contributed by atoms with Gasteiger partial charge in [-0.15, -0.1) is 12.4 Å². The molecular weight excluding hydrogens is 152 g/mol. The maximum atomic E-state index is 8.27. The second-order valence-corrected chi connectivity index (χ2v) is 2.09. The molecule has 58 valence electrons. The van der Waals surface area contributed by atoms with Gasteiger partial charge in [-0.3, -0.25) is 0 Å². The van der Waals surface area contributed by atoms with E-state index < -0.39 is 0 Å². The lowest BCUT2D eigenvalue weighted by Gasteiger charge is -2.20. The number of hydrogen-bond donors (Lipinski definition) is 1. The van der Waals surface area contributed by atoms with Gasteiger partial charge in [0.25, 0.3) is 0 Å². The summed E-state index contributed by atoms with van der Waals surface area (Å²) in [6, 6.07) is 2.36. The zero-order valence-corrected chi connectivity index (χ0v) is 6.49. The number of halogens is 1. The van der Waals surface area contributed by atoms with E-state index in [2.05, 4.69) is 11.4 Å². The van der Waals surface area contributed by atoms with E-state index >= 15 is 0 Å². The van der Waals surface area contributed by atoms with E-state index in [1.165, 1.54) is 0 Å². The quantitative estimate of drug-likeness (QED) is 0.604. The maximum absolute atomic E-state index is 8.27. The second kappa shape index (κ2) is 5.48. The molecule has 0 aromatic rings. The van der Waals surface area contributed by atoms with Gasteiger partial charge in [0.05, 0.1) is 25.7 Å². The molecule has 3 nitrogen and oxygen atoms in total. The third kappa shape index (κ3) is 3.02. The number of morpholine rings is 1. The van der Waals surface area contributed by atoms with Crippen molar-refractivity contribution in [3.63, 3.8) is 0 Å². The molecule has 1 unspecified atom stereocenters. The molecule has 1 fully saturated rings. The van der Waals surface area contributed by atoms with Crippen LogP contribution in [0.15, 0.2) is 0 Å². The zero-order chi connectivity index (χ0) is 6.53. The number of nitriles is 1. The molecule has 0 saturated carbocycles. The predicted molar refractivity (Wildman–Crippen MR) is 40.1 cm³/mol. The fraction of sp³-hybridized carbons (Fsp3) is 0.833. The van der Waals surface area contributed by atoms with Crippen molar-refractivity contribution in [1.82, 2.24) is 5.32 Å². The Morgan fingerprint density at radius 2 is 2.50 bits per heavy atom. The highest BCUT2D eigenvalue weighted by Gasteiger charge is 2.10. The van der Waals surface area contributed by atoms with Crippen LogP contribution >= 0.6 is 12.4 Å². The van der Waals surface area contributed by atoms with Crippen molar-refractivity contribution in [2.24, 2.45) is 0 Å². The first-order chi connectivity index (χ1) is 4.43. The summed E-state index contributed by atoms with van der Waals surface area (Å²) in [6.07, 6.45) is 0.556. The molecule has 0 aromatic carbocycles. The monoisotopic (exact) mass is 162 g/mol. The number of ether oxygens (including phenoxy) is 1. The molecule has 1 aliphatic heterocycles. The minimum Gasteiger partial charge on any atom is -0.378 e. The molecule has 0 bridgehead atoms. The van der Waals surface area contributed by atoms with Crippen LogP contribution in [-0.2, 0) is 4.74 Å². The Hall–Kier alpha value is -0.300. The average Bonchev–Trinajstić information content (AvgIpc) is 1.91. The molecule has 10 heavy (non-hydrogen) atoms. The first kappa shape index (κ1) is 9.70. The standard InChI is InChI=1S/C6H10N2O.ClH/c7-2-1-6-5-9-4-3-8-6;/h6,8H,1,3-5H2;1H. The summed E-state index contributed by atoms with van der Waals surface area (Å²) >= 11 is 0. The maximum Gasteiger partial charge on any atom is 0.0639 e. The highest BCUT2D eigenvalue weighted by molar-refractivity contribution is 5.85. The highest BCUT2D eigenvalue weighted by atomic mass is 35.5. The summed E-state index contributed by atoms with van der Waals surface area (Å²) in [7, 11) is 0. The third-order valence-electron chi connectivity index (χ3n) is 1.34. The van der Waals surface area contributed by atoms with Gasteiger partial charge in [-0.2, -0.15) is 5.26 Å². The van der Waals surface area contributed by atoms with Crippen molar-refractivity contribution in [2.75, 3.05) is 19.8 Å². The van der Waals surface area contributed by atoms with Crippen LogP contribution in [0.1, 0.15) is 6.42 Å². The van der Waals surface area contributed by atoms with Crippen molar-refractivity contribution in [2.45, 2.75) is 12.5 Å². The summed E-state index contributed by atoms with van der Waals surface area (Å²) in [5.41, 5.74) is 0. The smallest absolute Gasteiger partial charge is 0.0639 e. The number of rotatable bonds is 1. The lowest BCUT2D eigenvalue weighted by molar-refractivity contribution is 0.0783. The molecule has 0 amide bonds. The van der Waals surface area contributed by atoms with Gasteiger partial charge in [0.15, 0.2) is 0 Å². The topological polar surface area (TPSA) is 45.0 Å². The van der Waals surface area contributed by atoms with Gasteiger partial charge in [-0.05, 0) is 0 Å². The van der Waals surface area contributed by atoms with Crippen LogP contribution in [0.5, 0.6) is 0 Å². The van der Waals surface area contributed by atoms with Gasteiger partial charge in [0, 0.05) is 12.6 Å². The summed E-state index contributed by atoms with van der Waals surface area (Å²) < 4.78 is 5.12. The van der Waals surface area contributed by atoms with E-state index in [-0.39, 0.29) is 18.4 Å². The van der Waals surface area contributed by atoms with Crippen LogP contribution < -0.4 is 5.32 Å². The predicted octanol–water partition coefficient (Wildman–Crippen LogP) is 0.310. The minimum absolute atomic E-state index is 0. The number of nitrogens with zero attached hydrogens (tertiary/aromatic N) is 1. The van der Waals surface area contributed by atoms with Crippen molar-refractivity contribution >= 4 is 12.4 Å². The summed E-state index contributed by atoms with van der Waals surface area (Å²) in [6.45, 7) is 2.35. The molecule has 0 radical (unpaired) electrons. The highest BCUT2D eigenvalue weighted by Crippen LogP contribution is 1.95. The van der Waals surface area contributed by atoms with Gasteiger partial charge in [0.1, 0.15) is 0 Å². The molecule has 1 aliphatic rings. The largest absolute Gasteiger partial charge is 0.378 e. The minimum atomic E-state index is 0. The van der Waals surface area contributed by atoms with Crippen molar-refractivity contribution in [1.29, 1.82) is 5.26 Å². The third-order valence-corrected chi connectivity index (χ3v) is 1.34. The first-order valence-corrected chi connectivity index (χ1v) is 3.11. The Kier molecular flexibility index (Phi) is 5.32.